The van der Waals surface area contributed by atoms with Crippen LogP contribution < -0.4 is 20.1 Å². The number of halogens is 1. The van der Waals surface area contributed by atoms with Crippen LogP contribution in [0, 0.1) is 5.82 Å². The van der Waals surface area contributed by atoms with Crippen LogP contribution in [0.5, 0.6) is 11.6 Å². The van der Waals surface area contributed by atoms with Crippen LogP contribution in [-0.4, -0.2) is 74.2 Å². The molecule has 1 saturated heterocycles. The van der Waals surface area contributed by atoms with E-state index in [1.165, 1.54) is 16.7 Å². The van der Waals surface area contributed by atoms with Crippen LogP contribution in [0.2, 0.25) is 0 Å². The average molecular weight is 586 g/mol. The van der Waals surface area contributed by atoms with Crippen molar-refractivity contribution in [2.24, 2.45) is 0 Å². The van der Waals surface area contributed by atoms with Crippen LogP contribution >= 0.6 is 0 Å². The van der Waals surface area contributed by atoms with E-state index in [2.05, 4.69) is 21.5 Å². The van der Waals surface area contributed by atoms with E-state index in [0.29, 0.717) is 60.7 Å². The molecule has 0 N–H and O–H groups in total. The zero-order valence-electron chi connectivity index (χ0n) is 24.3. The third-order valence-electron chi connectivity index (χ3n) is 7.68. The Morgan fingerprint density at radius 1 is 1.14 bits per heavy atom. The Bertz CT molecular complexity index is 1790. The fourth-order valence-electron chi connectivity index (χ4n) is 5.63. The third-order valence-corrected chi connectivity index (χ3v) is 7.68. The second kappa shape index (κ2) is 11.4. The number of amides is 1. The van der Waals surface area contributed by atoms with Gasteiger partial charge in [0.1, 0.15) is 22.9 Å². The lowest BCUT2D eigenvalue weighted by Crippen LogP contribution is -2.54. The van der Waals surface area contributed by atoms with E-state index < -0.39 is 11.5 Å². The first-order chi connectivity index (χ1) is 20.8. The number of carbonyl (C=O) groups is 1. The Labute approximate surface area is 247 Å². The number of anilines is 1. The molecule has 0 aromatic carbocycles. The van der Waals surface area contributed by atoms with Gasteiger partial charge in [-0.2, -0.15) is 4.98 Å². The molecular formula is C31H32FN7O4. The zero-order chi connectivity index (χ0) is 30.2. The van der Waals surface area contributed by atoms with E-state index in [1.807, 2.05) is 25.7 Å². The molecule has 4 aromatic heterocycles. The fourth-order valence-corrected chi connectivity index (χ4v) is 5.63. The molecule has 0 saturated carbocycles. The van der Waals surface area contributed by atoms with E-state index in [-0.39, 0.29) is 47.5 Å². The van der Waals surface area contributed by atoms with Crippen molar-refractivity contribution < 1.29 is 18.7 Å². The number of carbonyl (C=O) groups excluding carboxylic acids is 1. The molecule has 222 valence electrons. The number of hydrogen-bond donors (Lipinski definition) is 0. The molecule has 1 fully saturated rings. The molecule has 2 bridgehead atoms. The maximum absolute atomic E-state index is 16.1. The van der Waals surface area contributed by atoms with Crippen molar-refractivity contribution in [3.63, 3.8) is 0 Å². The third kappa shape index (κ3) is 5.06. The molecule has 6 rings (SSSR count). The van der Waals surface area contributed by atoms with Crippen molar-refractivity contribution >= 4 is 22.8 Å². The fraction of sp³-hybridized carbons (Fsp3) is 0.355. The van der Waals surface area contributed by atoms with E-state index >= 15 is 4.39 Å². The van der Waals surface area contributed by atoms with Crippen LogP contribution in [0.4, 0.5) is 10.2 Å². The van der Waals surface area contributed by atoms with Gasteiger partial charge in [-0.1, -0.05) is 20.4 Å². The second-order valence-corrected chi connectivity index (χ2v) is 10.9. The van der Waals surface area contributed by atoms with Crippen molar-refractivity contribution in [3.8, 4) is 28.6 Å². The highest BCUT2D eigenvalue weighted by molar-refractivity contribution is 5.91. The van der Waals surface area contributed by atoms with Gasteiger partial charge >= 0.3 is 5.69 Å². The van der Waals surface area contributed by atoms with Gasteiger partial charge in [0, 0.05) is 50.6 Å². The highest BCUT2D eigenvalue weighted by Gasteiger charge is 2.31. The summed E-state index contributed by atoms with van der Waals surface area (Å²) in [7, 11) is 0. The predicted octanol–water partition coefficient (Wildman–Crippen LogP) is 3.88. The van der Waals surface area contributed by atoms with Crippen molar-refractivity contribution in [2.45, 2.75) is 39.2 Å². The lowest BCUT2D eigenvalue weighted by atomic mass is 10.1. The topological polar surface area (TPSA) is 116 Å². The number of ether oxygens (including phenoxy) is 2. The molecule has 12 heteroatoms. The molecule has 2 aliphatic rings. The molecule has 1 amide bonds. The quantitative estimate of drug-likeness (QED) is 0.330. The summed E-state index contributed by atoms with van der Waals surface area (Å²) in [5, 5.41) is 0.335. The molecule has 0 unspecified atom stereocenters. The number of rotatable bonds is 3. The van der Waals surface area contributed by atoms with Gasteiger partial charge in [-0.3, -0.25) is 9.78 Å². The first-order valence-electron chi connectivity index (χ1n) is 14.3. The van der Waals surface area contributed by atoms with E-state index in [4.69, 9.17) is 14.5 Å². The Morgan fingerprint density at radius 2 is 1.95 bits per heavy atom. The van der Waals surface area contributed by atoms with Crippen molar-refractivity contribution in [1.82, 2.24) is 29.4 Å². The lowest BCUT2D eigenvalue weighted by molar-refractivity contribution is -0.126. The summed E-state index contributed by atoms with van der Waals surface area (Å²) in [6.45, 7) is 11.2. The highest BCUT2D eigenvalue weighted by Crippen LogP contribution is 2.37. The minimum Gasteiger partial charge on any atom is -0.491 e. The monoisotopic (exact) mass is 585 g/mol. The van der Waals surface area contributed by atoms with Gasteiger partial charge in [0.2, 0.25) is 11.8 Å². The number of pyridine rings is 3. The number of piperazine rings is 1. The summed E-state index contributed by atoms with van der Waals surface area (Å²) in [4.78, 5) is 48.3. The zero-order valence-corrected chi connectivity index (χ0v) is 24.3. The first kappa shape index (κ1) is 28.3. The first-order valence-corrected chi connectivity index (χ1v) is 14.3. The SMILES string of the molecule is C=CC(=O)N1CCN(c2nc(=O)n3c4nc(c(F)cc24)-c2cccnc2OCCCOc2ccnc(C(C)C)c2-3)[C@@H](C)C1. The molecule has 6 heterocycles. The van der Waals surface area contributed by atoms with Gasteiger partial charge in [0.15, 0.2) is 11.5 Å². The number of nitrogens with zero attached hydrogens (tertiary/aromatic N) is 7. The van der Waals surface area contributed by atoms with Gasteiger partial charge in [-0.15, -0.1) is 0 Å². The van der Waals surface area contributed by atoms with Crippen LogP contribution in [0.25, 0.3) is 28.0 Å². The standard InChI is InChI=1S/C31H32FN7O4/c1-5-24(40)37-12-13-38(19(4)17-37)28-21-16-22(32)26-20-8-6-10-34-30(20)43-15-7-14-42-23-9-11-33-25(18(2)3)27(23)39(29(21)35-26)31(41)36-28/h5-6,8-11,16,18-19H,1,7,12-15,17H2,2-4H3/t19-/m0/s1. The van der Waals surface area contributed by atoms with E-state index in [9.17, 15) is 9.59 Å². The minimum absolute atomic E-state index is 0.00736. The summed E-state index contributed by atoms with van der Waals surface area (Å²) in [5.41, 5.74) is 0.962. The van der Waals surface area contributed by atoms with Gasteiger partial charge in [-0.05, 0) is 37.1 Å². The van der Waals surface area contributed by atoms with Gasteiger partial charge in [0.25, 0.3) is 0 Å². The minimum atomic E-state index is -0.617. The molecule has 11 nitrogen and oxygen atoms in total. The Kier molecular flexibility index (Phi) is 7.51. The summed E-state index contributed by atoms with van der Waals surface area (Å²) < 4.78 is 29.6. The molecular weight excluding hydrogens is 553 g/mol. The van der Waals surface area contributed by atoms with Crippen LogP contribution in [-0.2, 0) is 4.79 Å². The van der Waals surface area contributed by atoms with Gasteiger partial charge < -0.3 is 19.3 Å². The van der Waals surface area contributed by atoms with Crippen molar-refractivity contribution in [3.05, 3.63) is 71.3 Å². The molecule has 1 atom stereocenters. The number of fused-ring (bicyclic) bond motifs is 5. The van der Waals surface area contributed by atoms with E-state index in [0.717, 1.165) is 0 Å². The van der Waals surface area contributed by atoms with Crippen molar-refractivity contribution in [2.75, 3.05) is 37.7 Å². The van der Waals surface area contributed by atoms with Crippen LogP contribution in [0.3, 0.4) is 0 Å². The summed E-state index contributed by atoms with van der Waals surface area (Å²) in [6, 6.07) is 6.20. The number of hydrogen-bond acceptors (Lipinski definition) is 9. The predicted molar refractivity (Wildman–Crippen MR) is 159 cm³/mol. The largest absolute Gasteiger partial charge is 0.491 e. The maximum atomic E-state index is 16.1. The summed E-state index contributed by atoms with van der Waals surface area (Å²) >= 11 is 0. The Balaban J connectivity index is 1.66. The number of aromatic nitrogens is 5. The molecule has 0 spiro atoms. The molecule has 0 aliphatic carbocycles. The molecule has 0 radical (unpaired) electrons. The van der Waals surface area contributed by atoms with Crippen LogP contribution in [0.1, 0.15) is 38.8 Å². The summed E-state index contributed by atoms with van der Waals surface area (Å²) in [5.74, 6) is 0.0810. The molecule has 43 heavy (non-hydrogen) atoms. The Morgan fingerprint density at radius 3 is 2.72 bits per heavy atom. The maximum Gasteiger partial charge on any atom is 0.356 e. The lowest BCUT2D eigenvalue weighted by Gasteiger charge is -2.40. The second-order valence-electron chi connectivity index (χ2n) is 10.9. The highest BCUT2D eigenvalue weighted by atomic mass is 19.1. The normalized spacial score (nSPS) is 16.8. The summed E-state index contributed by atoms with van der Waals surface area (Å²) in [6.07, 6.45) is 5.01. The molecule has 2 aliphatic heterocycles. The smallest absolute Gasteiger partial charge is 0.356 e. The average Bonchev–Trinajstić information content (AvgIpc) is 3.01. The van der Waals surface area contributed by atoms with E-state index in [1.54, 1.807) is 35.5 Å². The Hall–Kier alpha value is -4.87. The van der Waals surface area contributed by atoms with Crippen molar-refractivity contribution in [1.29, 1.82) is 0 Å². The van der Waals surface area contributed by atoms with Gasteiger partial charge in [0.05, 0.1) is 29.9 Å². The van der Waals surface area contributed by atoms with Crippen LogP contribution in [0.15, 0.2) is 54.1 Å². The van der Waals surface area contributed by atoms with Gasteiger partial charge in [-0.25, -0.2) is 23.7 Å². The molecule has 4 aromatic rings.